The molecule has 23 heavy (non-hydrogen) atoms. The molecule has 1 aromatic heterocycles. The number of thiophene rings is 1. The predicted molar refractivity (Wildman–Crippen MR) is 91.3 cm³/mol. The Morgan fingerprint density at radius 1 is 1.30 bits per heavy atom. The van der Waals surface area contributed by atoms with Crippen LogP contribution in [0.4, 0.5) is 5.69 Å². The normalized spacial score (nSPS) is 11.1. The number of aliphatic hydroxyl groups is 1. The third kappa shape index (κ3) is 4.19. The molecule has 1 heterocycles. The van der Waals surface area contributed by atoms with Crippen molar-refractivity contribution in [2.24, 2.45) is 0 Å². The Labute approximate surface area is 138 Å². The zero-order chi connectivity index (χ0) is 16.8. The molecule has 2 N–H and O–H groups in total. The molecule has 2 aromatic rings. The zero-order valence-electron chi connectivity index (χ0n) is 12.6. The molecular weight excluding hydrogens is 312 g/mol. The minimum atomic E-state index is -1.22. The quantitative estimate of drug-likeness (QED) is 0.629. The van der Waals surface area contributed by atoms with E-state index in [0.717, 1.165) is 21.0 Å². The molecule has 118 valence electrons. The van der Waals surface area contributed by atoms with Gasteiger partial charge in [0.25, 0.3) is 0 Å². The average molecular weight is 328 g/mol. The third-order valence-corrected chi connectivity index (χ3v) is 4.37. The Balaban J connectivity index is 2.21. The molecule has 0 saturated carbocycles. The van der Waals surface area contributed by atoms with Gasteiger partial charge in [0.1, 0.15) is 11.6 Å². The topological polar surface area (TPSA) is 84.6 Å². The molecule has 0 saturated heterocycles. The number of nitriles is 1. The van der Waals surface area contributed by atoms with Crippen LogP contribution >= 0.6 is 11.3 Å². The summed E-state index contributed by atoms with van der Waals surface area (Å²) in [7, 11) is 1.91. The molecule has 0 bridgehead atoms. The number of carboxylic acid groups (broad SMARTS) is 1. The van der Waals surface area contributed by atoms with Gasteiger partial charge < -0.3 is 15.1 Å². The molecule has 5 nitrogen and oxygen atoms in total. The van der Waals surface area contributed by atoms with Gasteiger partial charge in [-0.3, -0.25) is 0 Å². The van der Waals surface area contributed by atoms with Crippen LogP contribution in [-0.4, -0.2) is 36.4 Å². The first-order valence-corrected chi connectivity index (χ1v) is 7.74. The molecular formula is C17H16N2O3S. The number of likely N-dealkylation sites (N-methyl/N-ethyl adjacent to an activating group) is 1. The highest BCUT2D eigenvalue weighted by atomic mass is 32.1. The molecule has 0 radical (unpaired) electrons. The highest BCUT2D eigenvalue weighted by molar-refractivity contribution is 7.16. The summed E-state index contributed by atoms with van der Waals surface area (Å²) in [6, 6.07) is 13.3. The van der Waals surface area contributed by atoms with E-state index in [1.54, 1.807) is 12.1 Å². The van der Waals surface area contributed by atoms with E-state index >= 15 is 0 Å². The van der Waals surface area contributed by atoms with Crippen molar-refractivity contribution in [3.05, 3.63) is 46.8 Å². The van der Waals surface area contributed by atoms with Gasteiger partial charge in [-0.05, 0) is 35.9 Å². The van der Waals surface area contributed by atoms with Crippen LogP contribution in [0.25, 0.3) is 16.5 Å². The van der Waals surface area contributed by atoms with Gasteiger partial charge in [-0.2, -0.15) is 5.26 Å². The highest BCUT2D eigenvalue weighted by Gasteiger charge is 2.08. The maximum absolute atomic E-state index is 10.9. The lowest BCUT2D eigenvalue weighted by molar-refractivity contribution is -0.132. The summed E-state index contributed by atoms with van der Waals surface area (Å²) in [5.74, 6) is -1.22. The second-order valence-corrected chi connectivity index (χ2v) is 5.98. The van der Waals surface area contributed by atoms with Gasteiger partial charge in [0.15, 0.2) is 0 Å². The Kier molecular flexibility index (Phi) is 5.52. The largest absolute Gasteiger partial charge is 0.477 e. The van der Waals surface area contributed by atoms with Gasteiger partial charge in [-0.15, -0.1) is 11.3 Å². The van der Waals surface area contributed by atoms with Gasteiger partial charge in [0.2, 0.25) is 0 Å². The fraction of sp³-hybridized carbons (Fsp3) is 0.176. The van der Waals surface area contributed by atoms with Crippen molar-refractivity contribution in [1.82, 2.24) is 0 Å². The second kappa shape index (κ2) is 7.58. The smallest absolute Gasteiger partial charge is 0.346 e. The summed E-state index contributed by atoms with van der Waals surface area (Å²) in [4.78, 5) is 14.5. The maximum Gasteiger partial charge on any atom is 0.346 e. The van der Waals surface area contributed by atoms with Crippen molar-refractivity contribution < 1.29 is 15.0 Å². The number of aliphatic hydroxyl groups excluding tert-OH is 1. The van der Waals surface area contributed by atoms with Gasteiger partial charge in [-0.1, -0.05) is 12.1 Å². The monoisotopic (exact) mass is 328 g/mol. The minimum Gasteiger partial charge on any atom is -0.477 e. The first kappa shape index (κ1) is 16.7. The number of carboxylic acids is 1. The predicted octanol–water partition coefficient (Wildman–Crippen LogP) is 2.84. The van der Waals surface area contributed by atoms with E-state index in [1.165, 1.54) is 17.4 Å². The molecule has 0 unspecified atom stereocenters. The summed E-state index contributed by atoms with van der Waals surface area (Å²) in [6.45, 7) is 0.670. The van der Waals surface area contributed by atoms with E-state index in [9.17, 15) is 4.79 Å². The molecule has 6 heteroatoms. The molecule has 0 spiro atoms. The Morgan fingerprint density at radius 3 is 2.57 bits per heavy atom. The standard InChI is InChI=1S/C17H16N2O3S/c1-19(8-9-20)14-4-2-12(3-5-14)16-7-6-15(23-16)10-13(11-18)17(21)22/h2-7,10,20H,8-9H2,1H3,(H,21,22)/b13-10+. The van der Waals surface area contributed by atoms with E-state index in [2.05, 4.69) is 0 Å². The number of nitrogens with zero attached hydrogens (tertiary/aromatic N) is 2. The average Bonchev–Trinajstić information content (AvgIpc) is 3.01. The Bertz CT molecular complexity index is 757. The van der Waals surface area contributed by atoms with Crippen molar-refractivity contribution in [3.8, 4) is 16.5 Å². The third-order valence-electron chi connectivity index (χ3n) is 3.29. The summed E-state index contributed by atoms with van der Waals surface area (Å²) in [6.07, 6.45) is 1.37. The lowest BCUT2D eigenvalue weighted by atomic mass is 10.1. The molecule has 0 aliphatic heterocycles. The summed E-state index contributed by atoms with van der Waals surface area (Å²) in [5.41, 5.74) is 1.75. The number of rotatable bonds is 6. The van der Waals surface area contributed by atoms with Gasteiger partial charge >= 0.3 is 5.97 Å². The SMILES string of the molecule is CN(CCO)c1ccc(-c2ccc(/C=C(\C#N)C(=O)O)s2)cc1. The Morgan fingerprint density at radius 2 is 2.00 bits per heavy atom. The molecule has 0 fully saturated rings. The first-order chi connectivity index (χ1) is 11.0. The van der Waals surface area contributed by atoms with Crippen molar-refractivity contribution in [1.29, 1.82) is 5.26 Å². The summed E-state index contributed by atoms with van der Waals surface area (Å²) in [5, 5.41) is 26.6. The molecule has 0 aliphatic rings. The highest BCUT2D eigenvalue weighted by Crippen LogP contribution is 2.30. The van der Waals surface area contributed by atoms with Crippen LogP contribution in [0.1, 0.15) is 4.88 Å². The van der Waals surface area contributed by atoms with Crippen molar-refractivity contribution in [3.63, 3.8) is 0 Å². The fourth-order valence-electron chi connectivity index (χ4n) is 2.03. The molecule has 0 amide bonds. The van der Waals surface area contributed by atoms with Crippen LogP contribution in [0, 0.1) is 11.3 Å². The van der Waals surface area contributed by atoms with E-state index in [4.69, 9.17) is 15.5 Å². The molecule has 0 atom stereocenters. The number of aliphatic carboxylic acids is 1. The lowest BCUT2D eigenvalue weighted by Crippen LogP contribution is -2.20. The molecule has 0 aliphatic carbocycles. The maximum atomic E-state index is 10.9. The van der Waals surface area contributed by atoms with Crippen molar-refractivity contribution in [2.75, 3.05) is 25.1 Å². The summed E-state index contributed by atoms with van der Waals surface area (Å²) < 4.78 is 0. The van der Waals surface area contributed by atoms with Gasteiger partial charge in [0.05, 0.1) is 6.61 Å². The number of benzene rings is 1. The van der Waals surface area contributed by atoms with E-state index in [-0.39, 0.29) is 12.2 Å². The fourth-order valence-corrected chi connectivity index (χ4v) is 2.99. The van der Waals surface area contributed by atoms with Crippen LogP contribution in [0.5, 0.6) is 0 Å². The number of carbonyl (C=O) groups is 1. The summed E-state index contributed by atoms with van der Waals surface area (Å²) >= 11 is 1.43. The molecule has 1 aromatic carbocycles. The van der Waals surface area contributed by atoms with Gasteiger partial charge in [0, 0.05) is 29.0 Å². The van der Waals surface area contributed by atoms with Gasteiger partial charge in [-0.25, -0.2) is 4.79 Å². The second-order valence-electron chi connectivity index (χ2n) is 4.87. The molecule has 2 rings (SSSR count). The van der Waals surface area contributed by atoms with Crippen LogP contribution in [0.3, 0.4) is 0 Å². The van der Waals surface area contributed by atoms with Crippen LogP contribution < -0.4 is 4.90 Å². The van der Waals surface area contributed by atoms with Crippen LogP contribution in [0.2, 0.25) is 0 Å². The van der Waals surface area contributed by atoms with E-state index < -0.39 is 5.97 Å². The van der Waals surface area contributed by atoms with E-state index in [0.29, 0.717) is 6.54 Å². The first-order valence-electron chi connectivity index (χ1n) is 6.92. The number of anilines is 1. The van der Waals surface area contributed by atoms with Crippen LogP contribution in [-0.2, 0) is 4.79 Å². The van der Waals surface area contributed by atoms with E-state index in [1.807, 2.05) is 42.3 Å². The lowest BCUT2D eigenvalue weighted by Gasteiger charge is -2.17. The minimum absolute atomic E-state index is 0.101. The van der Waals surface area contributed by atoms with Crippen molar-refractivity contribution in [2.45, 2.75) is 0 Å². The number of hydrogen-bond donors (Lipinski definition) is 2. The van der Waals surface area contributed by atoms with Crippen molar-refractivity contribution >= 4 is 29.1 Å². The zero-order valence-corrected chi connectivity index (χ0v) is 13.4. The number of hydrogen-bond acceptors (Lipinski definition) is 5. The Hall–Kier alpha value is -2.62. The van der Waals surface area contributed by atoms with Crippen LogP contribution in [0.15, 0.2) is 42.0 Å².